The first kappa shape index (κ1) is 13.9. The van der Waals surface area contributed by atoms with E-state index >= 15 is 0 Å². The van der Waals surface area contributed by atoms with Gasteiger partial charge in [-0.15, -0.1) is 0 Å². The van der Waals surface area contributed by atoms with Crippen LogP contribution in [0.15, 0.2) is 42.5 Å². The molecule has 0 saturated carbocycles. The van der Waals surface area contributed by atoms with Crippen molar-refractivity contribution >= 4 is 5.84 Å². The van der Waals surface area contributed by atoms with Gasteiger partial charge in [0.2, 0.25) is 0 Å². The molecule has 20 heavy (non-hydrogen) atoms. The minimum absolute atomic E-state index is 0.0350. The molecule has 4 nitrogen and oxygen atoms in total. The van der Waals surface area contributed by atoms with Crippen molar-refractivity contribution in [2.75, 3.05) is 7.11 Å². The van der Waals surface area contributed by atoms with Gasteiger partial charge in [-0.25, -0.2) is 4.39 Å². The van der Waals surface area contributed by atoms with Gasteiger partial charge in [0, 0.05) is 5.56 Å². The third-order valence-electron chi connectivity index (χ3n) is 2.82. The third-order valence-corrected chi connectivity index (χ3v) is 2.82. The fourth-order valence-electron chi connectivity index (χ4n) is 1.79. The van der Waals surface area contributed by atoms with Gasteiger partial charge < -0.3 is 15.2 Å². The molecule has 0 aliphatic rings. The first-order valence-electron chi connectivity index (χ1n) is 6.01. The summed E-state index contributed by atoms with van der Waals surface area (Å²) in [7, 11) is 1.54. The van der Waals surface area contributed by atoms with Crippen molar-refractivity contribution in [3.05, 3.63) is 59.4 Å². The summed E-state index contributed by atoms with van der Waals surface area (Å²) >= 11 is 0. The number of nitrogens with two attached hydrogens (primary N) is 1. The molecule has 0 heterocycles. The number of amidine groups is 1. The monoisotopic (exact) mass is 274 g/mol. The van der Waals surface area contributed by atoms with E-state index in [0.717, 1.165) is 0 Å². The van der Waals surface area contributed by atoms with Crippen LogP contribution in [0.25, 0.3) is 0 Å². The van der Waals surface area contributed by atoms with E-state index in [-0.39, 0.29) is 18.0 Å². The van der Waals surface area contributed by atoms with Gasteiger partial charge in [0.1, 0.15) is 18.3 Å². The zero-order chi connectivity index (χ0) is 14.5. The smallest absolute Gasteiger partial charge is 0.161 e. The molecule has 2 rings (SSSR count). The Hall–Kier alpha value is -2.56. The minimum Gasteiger partial charge on any atom is -0.493 e. The number of methoxy groups -OCH3 is 1. The van der Waals surface area contributed by atoms with Crippen molar-refractivity contribution in [1.29, 1.82) is 5.41 Å². The maximum atomic E-state index is 14.1. The van der Waals surface area contributed by atoms with Crippen LogP contribution in [0, 0.1) is 11.2 Å². The molecule has 2 aromatic rings. The number of rotatable bonds is 5. The average Bonchev–Trinajstić information content (AvgIpc) is 2.46. The molecule has 0 saturated heterocycles. The van der Waals surface area contributed by atoms with Gasteiger partial charge in [0.25, 0.3) is 0 Å². The Kier molecular flexibility index (Phi) is 4.20. The van der Waals surface area contributed by atoms with Gasteiger partial charge in [-0.2, -0.15) is 0 Å². The van der Waals surface area contributed by atoms with E-state index in [1.807, 2.05) is 6.07 Å². The zero-order valence-corrected chi connectivity index (χ0v) is 11.0. The highest BCUT2D eigenvalue weighted by molar-refractivity contribution is 5.95. The summed E-state index contributed by atoms with van der Waals surface area (Å²) in [5, 5.41) is 7.31. The topological polar surface area (TPSA) is 68.3 Å². The highest BCUT2D eigenvalue weighted by Gasteiger charge is 2.11. The van der Waals surface area contributed by atoms with Gasteiger partial charge in [-0.1, -0.05) is 24.3 Å². The van der Waals surface area contributed by atoms with Gasteiger partial charge in [0.15, 0.2) is 11.5 Å². The molecule has 0 aliphatic carbocycles. The summed E-state index contributed by atoms with van der Waals surface area (Å²) in [6.45, 7) is 0.0350. The highest BCUT2D eigenvalue weighted by Crippen LogP contribution is 2.27. The number of ether oxygens (including phenoxy) is 2. The lowest BCUT2D eigenvalue weighted by Crippen LogP contribution is -2.14. The number of nitrogen functional groups attached to an aromatic ring is 1. The number of nitrogens with one attached hydrogen (secondary N) is 1. The molecule has 0 aliphatic heterocycles. The summed E-state index contributed by atoms with van der Waals surface area (Å²) < 4.78 is 24.8. The second-order valence-electron chi connectivity index (χ2n) is 4.13. The predicted molar refractivity (Wildman–Crippen MR) is 74.7 cm³/mol. The second kappa shape index (κ2) is 6.06. The average molecular weight is 274 g/mol. The number of para-hydroxylation sites is 2. The van der Waals surface area contributed by atoms with Gasteiger partial charge >= 0.3 is 0 Å². The molecule has 5 heteroatoms. The molecule has 0 unspecified atom stereocenters. The lowest BCUT2D eigenvalue weighted by Gasteiger charge is -2.11. The van der Waals surface area contributed by atoms with Crippen LogP contribution in [0.5, 0.6) is 11.5 Å². The summed E-state index contributed by atoms with van der Waals surface area (Å²) in [6, 6.07) is 11.8. The predicted octanol–water partition coefficient (Wildman–Crippen LogP) is 2.70. The van der Waals surface area contributed by atoms with Gasteiger partial charge in [-0.3, -0.25) is 5.41 Å². The molecule has 0 atom stereocenters. The molecule has 0 spiro atoms. The maximum Gasteiger partial charge on any atom is 0.161 e. The molecule has 0 aromatic heterocycles. The number of benzene rings is 2. The van der Waals surface area contributed by atoms with Crippen LogP contribution in [-0.4, -0.2) is 12.9 Å². The minimum atomic E-state index is -0.533. The van der Waals surface area contributed by atoms with E-state index in [1.54, 1.807) is 37.4 Å². The Balaban J connectivity index is 2.19. The zero-order valence-electron chi connectivity index (χ0n) is 11.0. The lowest BCUT2D eigenvalue weighted by atomic mass is 10.1. The summed E-state index contributed by atoms with van der Waals surface area (Å²) in [6.07, 6.45) is 0. The van der Waals surface area contributed by atoms with Crippen molar-refractivity contribution in [3.63, 3.8) is 0 Å². The normalized spacial score (nSPS) is 10.1. The SMILES string of the molecule is COc1ccccc1OCc1cccc(C(=N)N)c1F. The van der Waals surface area contributed by atoms with E-state index in [0.29, 0.717) is 17.1 Å². The van der Waals surface area contributed by atoms with E-state index in [1.165, 1.54) is 6.07 Å². The number of hydrogen-bond acceptors (Lipinski definition) is 3. The van der Waals surface area contributed by atoms with Crippen molar-refractivity contribution in [2.24, 2.45) is 5.73 Å². The fraction of sp³-hybridized carbons (Fsp3) is 0.133. The Morgan fingerprint density at radius 3 is 2.50 bits per heavy atom. The van der Waals surface area contributed by atoms with Crippen LogP contribution in [-0.2, 0) is 6.61 Å². The third kappa shape index (κ3) is 2.88. The van der Waals surface area contributed by atoms with E-state index in [9.17, 15) is 4.39 Å². The van der Waals surface area contributed by atoms with Crippen molar-refractivity contribution in [1.82, 2.24) is 0 Å². The van der Waals surface area contributed by atoms with Crippen molar-refractivity contribution in [2.45, 2.75) is 6.61 Å². The van der Waals surface area contributed by atoms with E-state index in [2.05, 4.69) is 0 Å². The van der Waals surface area contributed by atoms with Crippen molar-refractivity contribution in [3.8, 4) is 11.5 Å². The van der Waals surface area contributed by atoms with Crippen LogP contribution < -0.4 is 15.2 Å². The summed E-state index contributed by atoms with van der Waals surface area (Å²) in [5.74, 6) is 0.273. The standard InChI is InChI=1S/C15H15FN2O2/c1-19-12-7-2-3-8-13(12)20-9-10-5-4-6-11(14(10)16)15(17)18/h2-8H,9H2,1H3,(H3,17,18). The Morgan fingerprint density at radius 2 is 1.85 bits per heavy atom. The lowest BCUT2D eigenvalue weighted by molar-refractivity contribution is 0.279. The van der Waals surface area contributed by atoms with Crippen LogP contribution in [0.3, 0.4) is 0 Å². The summed E-state index contributed by atoms with van der Waals surface area (Å²) in [4.78, 5) is 0. The summed E-state index contributed by atoms with van der Waals surface area (Å²) in [5.41, 5.74) is 5.73. The Morgan fingerprint density at radius 1 is 1.15 bits per heavy atom. The fourth-order valence-corrected chi connectivity index (χ4v) is 1.79. The number of hydrogen-bond donors (Lipinski definition) is 2. The van der Waals surface area contributed by atoms with Crippen LogP contribution in [0.2, 0.25) is 0 Å². The first-order valence-corrected chi connectivity index (χ1v) is 6.01. The Labute approximate surface area is 116 Å². The molecule has 104 valence electrons. The van der Waals surface area contributed by atoms with Crippen LogP contribution >= 0.6 is 0 Å². The van der Waals surface area contributed by atoms with Crippen LogP contribution in [0.1, 0.15) is 11.1 Å². The first-order chi connectivity index (χ1) is 9.63. The molecule has 0 radical (unpaired) electrons. The molecule has 3 N–H and O–H groups in total. The largest absolute Gasteiger partial charge is 0.493 e. The number of halogens is 1. The molecule has 0 fully saturated rings. The second-order valence-corrected chi connectivity index (χ2v) is 4.13. The maximum absolute atomic E-state index is 14.1. The van der Waals surface area contributed by atoms with Crippen LogP contribution in [0.4, 0.5) is 4.39 Å². The molecule has 2 aromatic carbocycles. The van der Waals surface area contributed by atoms with Crippen molar-refractivity contribution < 1.29 is 13.9 Å². The molecular weight excluding hydrogens is 259 g/mol. The van der Waals surface area contributed by atoms with E-state index < -0.39 is 5.82 Å². The Bertz CT molecular complexity index is 629. The molecule has 0 bridgehead atoms. The van der Waals surface area contributed by atoms with Gasteiger partial charge in [-0.05, 0) is 18.2 Å². The quantitative estimate of drug-likeness (QED) is 0.650. The van der Waals surface area contributed by atoms with E-state index in [4.69, 9.17) is 20.6 Å². The molecule has 0 amide bonds. The highest BCUT2D eigenvalue weighted by atomic mass is 19.1. The molecular formula is C15H15FN2O2. The van der Waals surface area contributed by atoms with Gasteiger partial charge in [0.05, 0.1) is 12.7 Å².